The van der Waals surface area contributed by atoms with Crippen molar-refractivity contribution in [3.8, 4) is 0 Å². The smallest absolute Gasteiger partial charge is 0.267 e. The first-order valence-corrected chi connectivity index (χ1v) is 8.42. The van der Waals surface area contributed by atoms with Crippen LogP contribution in [-0.4, -0.2) is 31.1 Å². The summed E-state index contributed by atoms with van der Waals surface area (Å²) in [6, 6.07) is 8.90. The molecule has 130 valence electrons. The minimum atomic E-state index is -0.793. The molecule has 2 amide bonds. The summed E-state index contributed by atoms with van der Waals surface area (Å²) >= 11 is 6.15. The van der Waals surface area contributed by atoms with Gasteiger partial charge in [-0.25, -0.2) is 0 Å². The highest BCUT2D eigenvalue weighted by atomic mass is 32.2. The van der Waals surface area contributed by atoms with Gasteiger partial charge in [-0.2, -0.15) is 5.01 Å². The SMILES string of the molecule is O=C(NN1C(=O)C(=Cc2ccncc2)SC1=S)c1ccccc1[N+](=O)[O-]. The van der Waals surface area contributed by atoms with Crippen LogP contribution in [0.1, 0.15) is 15.9 Å². The predicted octanol–water partition coefficient (Wildman–Crippen LogP) is 2.54. The number of nitro groups is 1. The predicted molar refractivity (Wildman–Crippen MR) is 99.8 cm³/mol. The minimum absolute atomic E-state index is 0.127. The van der Waals surface area contributed by atoms with Crippen molar-refractivity contribution in [2.45, 2.75) is 0 Å². The molecule has 26 heavy (non-hydrogen) atoms. The van der Waals surface area contributed by atoms with Gasteiger partial charge in [0.1, 0.15) is 5.56 Å². The Kier molecular flexibility index (Phi) is 5.05. The maximum absolute atomic E-state index is 12.5. The molecule has 1 aromatic carbocycles. The summed E-state index contributed by atoms with van der Waals surface area (Å²) in [6.45, 7) is 0. The van der Waals surface area contributed by atoms with Crippen LogP contribution in [0.3, 0.4) is 0 Å². The Bertz CT molecular complexity index is 946. The van der Waals surface area contributed by atoms with Gasteiger partial charge in [-0.1, -0.05) is 23.9 Å². The molecule has 1 N–H and O–H groups in total. The molecule has 0 spiro atoms. The molecule has 0 atom stereocenters. The Morgan fingerprint density at radius 3 is 2.65 bits per heavy atom. The van der Waals surface area contributed by atoms with E-state index in [1.165, 1.54) is 24.3 Å². The van der Waals surface area contributed by atoms with E-state index >= 15 is 0 Å². The number of rotatable bonds is 4. The molecule has 8 nitrogen and oxygen atoms in total. The molecule has 10 heteroatoms. The van der Waals surface area contributed by atoms with Crippen molar-refractivity contribution < 1.29 is 14.5 Å². The number of carbonyl (C=O) groups is 2. The van der Waals surface area contributed by atoms with Gasteiger partial charge < -0.3 is 0 Å². The fourth-order valence-corrected chi connectivity index (χ4v) is 3.34. The van der Waals surface area contributed by atoms with E-state index in [9.17, 15) is 19.7 Å². The van der Waals surface area contributed by atoms with E-state index in [-0.39, 0.29) is 15.6 Å². The minimum Gasteiger partial charge on any atom is -0.267 e. The summed E-state index contributed by atoms with van der Waals surface area (Å²) in [5, 5.41) is 12.0. The first-order valence-electron chi connectivity index (χ1n) is 7.20. The third-order valence-electron chi connectivity index (χ3n) is 3.36. The number of carbonyl (C=O) groups excluding carboxylic acids is 2. The standard InChI is InChI=1S/C16H10N4O4S2/c21-14(11-3-1-2-4-12(11)20(23)24)18-19-15(22)13(26-16(19)25)9-10-5-7-17-8-6-10/h1-9H,(H,18,21). The summed E-state index contributed by atoms with van der Waals surface area (Å²) in [4.78, 5) is 39.5. The van der Waals surface area contributed by atoms with Gasteiger partial charge in [0.05, 0.1) is 9.83 Å². The lowest BCUT2D eigenvalue weighted by Crippen LogP contribution is -2.45. The Balaban J connectivity index is 1.82. The highest BCUT2D eigenvalue weighted by Gasteiger charge is 2.34. The molecule has 0 aliphatic carbocycles. The van der Waals surface area contributed by atoms with E-state index in [0.717, 1.165) is 22.3 Å². The molecule has 0 saturated carbocycles. The number of hydrogen-bond acceptors (Lipinski definition) is 7. The van der Waals surface area contributed by atoms with Crippen molar-refractivity contribution in [1.29, 1.82) is 0 Å². The maximum atomic E-state index is 12.5. The Labute approximate surface area is 157 Å². The first-order chi connectivity index (χ1) is 12.5. The van der Waals surface area contributed by atoms with E-state index < -0.39 is 16.7 Å². The zero-order chi connectivity index (χ0) is 18.7. The average Bonchev–Trinajstić information content (AvgIpc) is 2.90. The molecule has 1 aromatic heterocycles. The van der Waals surface area contributed by atoms with Crippen molar-refractivity contribution in [2.75, 3.05) is 0 Å². The largest absolute Gasteiger partial charge is 0.285 e. The fourth-order valence-electron chi connectivity index (χ4n) is 2.16. The van der Waals surface area contributed by atoms with Crippen LogP contribution in [0, 0.1) is 10.1 Å². The molecule has 0 unspecified atom stereocenters. The zero-order valence-corrected chi connectivity index (χ0v) is 14.6. The first kappa shape index (κ1) is 17.7. The molecule has 3 rings (SSSR count). The fraction of sp³-hybridized carbons (Fsp3) is 0. The van der Waals surface area contributed by atoms with E-state index in [1.54, 1.807) is 30.6 Å². The highest BCUT2D eigenvalue weighted by molar-refractivity contribution is 8.26. The zero-order valence-electron chi connectivity index (χ0n) is 13.0. The second-order valence-corrected chi connectivity index (χ2v) is 6.69. The lowest BCUT2D eigenvalue weighted by molar-refractivity contribution is -0.385. The number of para-hydroxylation sites is 1. The maximum Gasteiger partial charge on any atom is 0.285 e. The van der Waals surface area contributed by atoms with Crippen LogP contribution in [-0.2, 0) is 4.79 Å². The van der Waals surface area contributed by atoms with E-state index in [0.29, 0.717) is 4.91 Å². The monoisotopic (exact) mass is 386 g/mol. The molecule has 0 radical (unpaired) electrons. The Morgan fingerprint density at radius 1 is 1.27 bits per heavy atom. The second-order valence-electron chi connectivity index (χ2n) is 5.01. The molecule has 0 bridgehead atoms. The number of benzene rings is 1. The van der Waals surface area contributed by atoms with E-state index in [4.69, 9.17) is 12.2 Å². The lowest BCUT2D eigenvalue weighted by atomic mass is 10.2. The number of aromatic nitrogens is 1. The van der Waals surface area contributed by atoms with Crippen molar-refractivity contribution in [3.63, 3.8) is 0 Å². The van der Waals surface area contributed by atoms with Crippen molar-refractivity contribution in [1.82, 2.24) is 15.4 Å². The number of thiocarbonyl (C=S) groups is 1. The molecule has 1 fully saturated rings. The van der Waals surface area contributed by atoms with Gasteiger partial charge in [-0.05, 0) is 42.1 Å². The molecular weight excluding hydrogens is 376 g/mol. The van der Waals surface area contributed by atoms with Gasteiger partial charge in [-0.15, -0.1) is 0 Å². The van der Waals surface area contributed by atoms with Gasteiger partial charge >= 0.3 is 0 Å². The normalized spacial score (nSPS) is 15.4. The number of nitrogens with one attached hydrogen (secondary N) is 1. The lowest BCUT2D eigenvalue weighted by Gasteiger charge is -2.15. The summed E-state index contributed by atoms with van der Waals surface area (Å²) in [5.41, 5.74) is 2.57. The Hall–Kier alpha value is -3.11. The van der Waals surface area contributed by atoms with Crippen molar-refractivity contribution in [3.05, 3.63) is 74.9 Å². The molecule has 2 aromatic rings. The van der Waals surface area contributed by atoms with E-state index in [2.05, 4.69) is 10.4 Å². The van der Waals surface area contributed by atoms with Gasteiger partial charge in [0.15, 0.2) is 4.32 Å². The van der Waals surface area contributed by atoms with Gasteiger partial charge in [-0.3, -0.25) is 30.1 Å². The van der Waals surface area contributed by atoms with Crippen molar-refractivity contribution in [2.24, 2.45) is 0 Å². The van der Waals surface area contributed by atoms with Crippen LogP contribution in [0.4, 0.5) is 5.69 Å². The van der Waals surface area contributed by atoms with Crippen LogP contribution >= 0.6 is 24.0 Å². The van der Waals surface area contributed by atoms with Crippen LogP contribution in [0.2, 0.25) is 0 Å². The highest BCUT2D eigenvalue weighted by Crippen LogP contribution is 2.31. The third kappa shape index (κ3) is 3.60. The number of thioether (sulfide) groups is 1. The van der Waals surface area contributed by atoms with Gasteiger partial charge in [0.25, 0.3) is 17.5 Å². The Morgan fingerprint density at radius 2 is 1.96 bits per heavy atom. The van der Waals surface area contributed by atoms with Gasteiger partial charge in [0, 0.05) is 18.5 Å². The number of nitrogens with zero attached hydrogens (tertiary/aromatic N) is 3. The average molecular weight is 386 g/mol. The third-order valence-corrected chi connectivity index (χ3v) is 4.66. The van der Waals surface area contributed by atoms with Crippen molar-refractivity contribution >= 4 is 51.9 Å². The molecule has 2 heterocycles. The van der Waals surface area contributed by atoms with Crippen LogP contribution in [0.25, 0.3) is 6.08 Å². The summed E-state index contributed by atoms with van der Waals surface area (Å²) < 4.78 is 0.127. The van der Waals surface area contributed by atoms with E-state index in [1.807, 2.05) is 0 Å². The number of nitro benzene ring substituents is 1. The van der Waals surface area contributed by atoms with Gasteiger partial charge in [0.2, 0.25) is 0 Å². The number of hydrazine groups is 1. The molecule has 1 aliphatic heterocycles. The topological polar surface area (TPSA) is 105 Å². The summed E-state index contributed by atoms with van der Waals surface area (Å²) in [7, 11) is 0. The number of pyridine rings is 1. The molecular formula is C16H10N4O4S2. The number of hydrogen-bond donors (Lipinski definition) is 1. The van der Waals surface area contributed by atoms with Crippen LogP contribution in [0.15, 0.2) is 53.7 Å². The number of amides is 2. The van der Waals surface area contributed by atoms with Crippen LogP contribution < -0.4 is 5.43 Å². The second kappa shape index (κ2) is 7.42. The summed E-state index contributed by atoms with van der Waals surface area (Å²) in [6.07, 6.45) is 4.80. The molecule has 1 aliphatic rings. The quantitative estimate of drug-likeness (QED) is 0.372. The molecule has 1 saturated heterocycles. The van der Waals surface area contributed by atoms with Crippen LogP contribution in [0.5, 0.6) is 0 Å². The summed E-state index contributed by atoms with van der Waals surface area (Å²) in [5.74, 6) is -1.30.